The van der Waals surface area contributed by atoms with E-state index in [1.165, 1.54) is 11.3 Å². The third kappa shape index (κ3) is 2.46. The Balaban J connectivity index is 1.88. The number of fused-ring (bicyclic) bond motifs is 1. The lowest BCUT2D eigenvalue weighted by atomic mass is 10.0. The summed E-state index contributed by atoms with van der Waals surface area (Å²) in [5.41, 5.74) is 6.27. The second-order valence-electron chi connectivity index (χ2n) is 5.80. The third-order valence-corrected chi connectivity index (χ3v) is 4.29. The summed E-state index contributed by atoms with van der Waals surface area (Å²) in [6.45, 7) is 3.40. The van der Waals surface area contributed by atoms with Crippen LogP contribution < -0.4 is 4.74 Å². The van der Waals surface area contributed by atoms with Gasteiger partial charge in [-0.2, -0.15) is 10.2 Å². The number of aryl methyl sites for hydroxylation is 1. The molecule has 0 radical (unpaired) electrons. The minimum Gasteiger partial charge on any atom is -0.481 e. The van der Waals surface area contributed by atoms with Gasteiger partial charge in [0.05, 0.1) is 37.9 Å². The number of hydrogen-bond acceptors (Lipinski definition) is 5. The maximum Gasteiger partial charge on any atom is 0.215 e. The first-order valence-electron chi connectivity index (χ1n) is 7.96. The minimum absolute atomic E-state index is 0.641. The first kappa shape index (κ1) is 14.9. The van der Waals surface area contributed by atoms with Gasteiger partial charge in [0, 0.05) is 35.5 Å². The highest BCUT2D eigenvalue weighted by Gasteiger charge is 2.22. The number of nitrogens with zero attached hydrogens (tertiary/aromatic N) is 4. The molecule has 7 nitrogen and oxygen atoms in total. The first-order chi connectivity index (χ1) is 11.8. The molecule has 0 saturated heterocycles. The molecular weight excluding hydrogens is 306 g/mol. The van der Waals surface area contributed by atoms with Crippen LogP contribution in [0.2, 0.25) is 0 Å². The van der Waals surface area contributed by atoms with Gasteiger partial charge in [0.2, 0.25) is 5.88 Å². The van der Waals surface area contributed by atoms with E-state index < -0.39 is 0 Å². The first-order valence-corrected chi connectivity index (χ1v) is 7.96. The van der Waals surface area contributed by atoms with Crippen LogP contribution in [0.3, 0.4) is 0 Å². The van der Waals surface area contributed by atoms with Crippen molar-refractivity contribution in [1.82, 2.24) is 25.0 Å². The molecule has 1 N–H and O–H groups in total. The monoisotopic (exact) mass is 325 g/mol. The molecule has 4 rings (SSSR count). The highest BCUT2D eigenvalue weighted by atomic mass is 16.5. The van der Waals surface area contributed by atoms with Gasteiger partial charge < -0.3 is 9.47 Å². The smallest absolute Gasteiger partial charge is 0.215 e. The number of aromatic amines is 1. The summed E-state index contributed by atoms with van der Waals surface area (Å²) < 4.78 is 12.9. The van der Waals surface area contributed by atoms with Crippen LogP contribution >= 0.6 is 0 Å². The van der Waals surface area contributed by atoms with Gasteiger partial charge in [-0.15, -0.1) is 0 Å². The van der Waals surface area contributed by atoms with Gasteiger partial charge in [-0.1, -0.05) is 0 Å². The molecule has 3 aromatic heterocycles. The van der Waals surface area contributed by atoms with Crippen molar-refractivity contribution in [3.05, 3.63) is 41.5 Å². The molecule has 0 aliphatic carbocycles. The Morgan fingerprint density at radius 2 is 2.12 bits per heavy atom. The molecule has 124 valence electrons. The van der Waals surface area contributed by atoms with E-state index in [9.17, 15) is 0 Å². The van der Waals surface area contributed by atoms with Crippen molar-refractivity contribution in [3.8, 4) is 22.8 Å². The summed E-state index contributed by atoms with van der Waals surface area (Å²) in [6, 6.07) is 2.07. The van der Waals surface area contributed by atoms with Gasteiger partial charge in [0.25, 0.3) is 0 Å². The zero-order valence-corrected chi connectivity index (χ0v) is 13.7. The topological polar surface area (TPSA) is 77.9 Å². The number of H-pyrrole nitrogens is 1. The lowest BCUT2D eigenvalue weighted by molar-refractivity contribution is 0.145. The van der Waals surface area contributed by atoms with E-state index in [-0.39, 0.29) is 0 Å². The van der Waals surface area contributed by atoms with E-state index >= 15 is 0 Å². The Bertz CT molecular complexity index is 854. The number of rotatable bonds is 3. The molecule has 1 aliphatic rings. The van der Waals surface area contributed by atoms with Crippen molar-refractivity contribution < 1.29 is 9.47 Å². The van der Waals surface area contributed by atoms with Crippen LogP contribution in [0.1, 0.15) is 16.8 Å². The van der Waals surface area contributed by atoms with Crippen molar-refractivity contribution in [2.24, 2.45) is 0 Å². The number of hydrogen-bond donors (Lipinski definition) is 1. The summed E-state index contributed by atoms with van der Waals surface area (Å²) in [5, 5.41) is 11.8. The third-order valence-electron chi connectivity index (χ3n) is 4.29. The molecule has 0 amide bonds. The number of pyridine rings is 1. The lowest BCUT2D eigenvalue weighted by Gasteiger charge is -2.06. The SMILES string of the molecule is COc1ncc(-c2nn(-c3cn[nH]c3)c3c2CCOCC3)cc1C. The van der Waals surface area contributed by atoms with Gasteiger partial charge in [-0.25, -0.2) is 9.67 Å². The van der Waals surface area contributed by atoms with E-state index in [1.807, 2.05) is 24.0 Å². The maximum absolute atomic E-state index is 5.66. The molecular formula is C17H19N5O2. The second-order valence-corrected chi connectivity index (χ2v) is 5.80. The quantitative estimate of drug-likeness (QED) is 0.798. The Labute approximate surface area is 139 Å². The minimum atomic E-state index is 0.641. The van der Waals surface area contributed by atoms with E-state index in [4.69, 9.17) is 14.6 Å². The van der Waals surface area contributed by atoms with E-state index in [0.717, 1.165) is 35.3 Å². The number of nitrogens with one attached hydrogen (secondary N) is 1. The van der Waals surface area contributed by atoms with Crippen molar-refractivity contribution in [2.45, 2.75) is 19.8 Å². The summed E-state index contributed by atoms with van der Waals surface area (Å²) in [5.74, 6) is 0.641. The fourth-order valence-electron chi connectivity index (χ4n) is 3.16. The lowest BCUT2D eigenvalue weighted by Crippen LogP contribution is -2.04. The second kappa shape index (κ2) is 6.09. The van der Waals surface area contributed by atoms with Crippen molar-refractivity contribution in [2.75, 3.05) is 20.3 Å². The molecule has 3 aromatic rings. The van der Waals surface area contributed by atoms with Gasteiger partial charge >= 0.3 is 0 Å². The molecule has 0 unspecified atom stereocenters. The fraction of sp³-hybridized carbons (Fsp3) is 0.353. The van der Waals surface area contributed by atoms with Gasteiger partial charge in [0.15, 0.2) is 0 Å². The zero-order chi connectivity index (χ0) is 16.5. The van der Waals surface area contributed by atoms with Gasteiger partial charge in [-0.3, -0.25) is 5.10 Å². The summed E-state index contributed by atoms with van der Waals surface area (Å²) in [4.78, 5) is 4.40. The van der Waals surface area contributed by atoms with Gasteiger partial charge in [-0.05, 0) is 19.4 Å². The summed E-state index contributed by atoms with van der Waals surface area (Å²) in [6.07, 6.45) is 7.12. The predicted molar refractivity (Wildman–Crippen MR) is 88.5 cm³/mol. The Morgan fingerprint density at radius 1 is 1.25 bits per heavy atom. The Hall–Kier alpha value is -2.67. The highest BCUT2D eigenvalue weighted by Crippen LogP contribution is 2.31. The van der Waals surface area contributed by atoms with Crippen LogP contribution in [0, 0.1) is 6.92 Å². The predicted octanol–water partition coefficient (Wildman–Crippen LogP) is 2.09. The van der Waals surface area contributed by atoms with E-state index in [2.05, 4.69) is 21.2 Å². The highest BCUT2D eigenvalue weighted by molar-refractivity contribution is 5.65. The number of aromatic nitrogens is 5. The maximum atomic E-state index is 5.66. The average molecular weight is 325 g/mol. The zero-order valence-electron chi connectivity index (χ0n) is 13.7. The van der Waals surface area contributed by atoms with Crippen LogP contribution in [0.4, 0.5) is 0 Å². The van der Waals surface area contributed by atoms with Crippen molar-refractivity contribution in [3.63, 3.8) is 0 Å². The number of ether oxygens (including phenoxy) is 2. The van der Waals surface area contributed by atoms with E-state index in [1.54, 1.807) is 13.3 Å². The molecule has 4 heterocycles. The van der Waals surface area contributed by atoms with Crippen LogP contribution in [-0.2, 0) is 17.6 Å². The molecule has 1 aliphatic heterocycles. The average Bonchev–Trinajstić information content (AvgIpc) is 3.17. The Morgan fingerprint density at radius 3 is 2.88 bits per heavy atom. The van der Waals surface area contributed by atoms with Crippen molar-refractivity contribution >= 4 is 0 Å². The van der Waals surface area contributed by atoms with Crippen LogP contribution in [0.5, 0.6) is 5.88 Å². The normalized spacial score (nSPS) is 14.2. The number of methoxy groups -OCH3 is 1. The summed E-state index contributed by atoms with van der Waals surface area (Å²) >= 11 is 0. The van der Waals surface area contributed by atoms with Crippen LogP contribution in [0.15, 0.2) is 24.7 Å². The summed E-state index contributed by atoms with van der Waals surface area (Å²) in [7, 11) is 1.63. The molecule has 0 spiro atoms. The standard InChI is InChI=1S/C17H19N5O2/c1-11-7-12(8-18-17(11)23-2)16-14-3-5-24-6-4-15(14)22(21-16)13-9-19-20-10-13/h7-10H,3-6H2,1-2H3,(H,19,20). The van der Waals surface area contributed by atoms with Crippen LogP contribution in [0.25, 0.3) is 16.9 Å². The Kier molecular flexibility index (Phi) is 3.78. The van der Waals surface area contributed by atoms with Gasteiger partial charge in [0.1, 0.15) is 5.69 Å². The molecule has 0 aromatic carbocycles. The van der Waals surface area contributed by atoms with Crippen LogP contribution in [-0.4, -0.2) is 45.3 Å². The largest absolute Gasteiger partial charge is 0.481 e. The molecule has 0 atom stereocenters. The molecule has 0 saturated carbocycles. The molecule has 0 bridgehead atoms. The molecule has 7 heteroatoms. The van der Waals surface area contributed by atoms with E-state index in [0.29, 0.717) is 19.1 Å². The molecule has 24 heavy (non-hydrogen) atoms. The van der Waals surface area contributed by atoms with Crippen molar-refractivity contribution in [1.29, 1.82) is 0 Å². The fourth-order valence-corrected chi connectivity index (χ4v) is 3.16. The molecule has 0 fully saturated rings.